The highest BCUT2D eigenvalue weighted by Gasteiger charge is 2.02. The zero-order valence-corrected chi connectivity index (χ0v) is 10.00. The molecule has 1 radical (unpaired) electrons. The highest BCUT2D eigenvalue weighted by atomic mass is 14.6. The summed E-state index contributed by atoms with van der Waals surface area (Å²) in [6, 6.07) is 4.17. The van der Waals surface area contributed by atoms with Crippen molar-refractivity contribution in [2.24, 2.45) is 0 Å². The molecule has 1 aromatic rings. The minimum absolute atomic E-state index is 1.14. The summed E-state index contributed by atoms with van der Waals surface area (Å²) in [6.07, 6.45) is 11.5. The van der Waals surface area contributed by atoms with Gasteiger partial charge < -0.3 is 0 Å². The van der Waals surface area contributed by atoms with Crippen molar-refractivity contribution in [3.8, 4) is 0 Å². The van der Waals surface area contributed by atoms with Crippen molar-refractivity contribution < 1.29 is 0 Å². The van der Waals surface area contributed by atoms with E-state index < -0.39 is 0 Å². The maximum absolute atomic E-state index is 4.13. The summed E-state index contributed by atoms with van der Waals surface area (Å²) < 4.78 is 0. The highest BCUT2D eigenvalue weighted by molar-refractivity contribution is 5.09. The summed E-state index contributed by atoms with van der Waals surface area (Å²) in [6.45, 7) is 4.54. The molecule has 0 N–H and O–H groups in total. The summed E-state index contributed by atoms with van der Waals surface area (Å²) in [5.74, 6) is 1.63. The molecule has 0 unspecified atom stereocenters. The van der Waals surface area contributed by atoms with Gasteiger partial charge in [-0.3, -0.25) is 4.98 Å². The molecule has 0 aliphatic carbocycles. The van der Waals surface area contributed by atoms with Crippen LogP contribution in [0.3, 0.4) is 0 Å². The van der Waals surface area contributed by atoms with Crippen LogP contribution < -0.4 is 0 Å². The Kier molecular flexibility index (Phi) is 6.06. The van der Waals surface area contributed by atoms with E-state index >= 15 is 0 Å². The molecule has 1 aromatic heterocycles. The zero-order valence-electron chi connectivity index (χ0n) is 10.00. The molecule has 0 aromatic carbocycles. The first-order valence-corrected chi connectivity index (χ1v) is 6.03. The van der Waals surface area contributed by atoms with E-state index in [1.54, 1.807) is 5.92 Å². The lowest BCUT2D eigenvalue weighted by atomic mass is 9.96. The summed E-state index contributed by atoms with van der Waals surface area (Å²) in [5.41, 5.74) is 1.35. The Bertz CT molecular complexity index is 243. The maximum atomic E-state index is 4.13. The zero-order chi connectivity index (χ0) is 10.9. The van der Waals surface area contributed by atoms with Crippen molar-refractivity contribution in [1.29, 1.82) is 0 Å². The fourth-order valence-electron chi connectivity index (χ4n) is 1.71. The average molecular weight is 204 g/mol. The molecule has 1 nitrogen and oxygen atoms in total. The number of hydrogen-bond donors (Lipinski definition) is 0. The van der Waals surface area contributed by atoms with Crippen LogP contribution in [0.4, 0.5) is 0 Å². The Morgan fingerprint density at radius 2 is 2.13 bits per heavy atom. The molecule has 1 heterocycles. The van der Waals surface area contributed by atoms with E-state index in [1.807, 2.05) is 18.5 Å². The Morgan fingerprint density at radius 1 is 1.27 bits per heavy atom. The SMILES string of the molecule is CCCCC[C](C)CCc1cccnc1. The first kappa shape index (κ1) is 12.2. The van der Waals surface area contributed by atoms with Gasteiger partial charge in [0.1, 0.15) is 0 Å². The lowest BCUT2D eigenvalue weighted by molar-refractivity contribution is 0.639. The summed E-state index contributed by atoms with van der Waals surface area (Å²) >= 11 is 0. The molecule has 1 rings (SSSR count). The Labute approximate surface area is 93.9 Å². The van der Waals surface area contributed by atoms with E-state index in [0.717, 1.165) is 6.42 Å². The molecule has 0 saturated carbocycles. The van der Waals surface area contributed by atoms with Gasteiger partial charge in [-0.25, -0.2) is 0 Å². The van der Waals surface area contributed by atoms with Crippen LogP contribution in [-0.4, -0.2) is 4.98 Å². The van der Waals surface area contributed by atoms with E-state index in [-0.39, 0.29) is 0 Å². The van der Waals surface area contributed by atoms with Crippen molar-refractivity contribution in [3.05, 3.63) is 36.0 Å². The van der Waals surface area contributed by atoms with Crippen LogP contribution in [0.5, 0.6) is 0 Å². The maximum Gasteiger partial charge on any atom is 0.0299 e. The van der Waals surface area contributed by atoms with Gasteiger partial charge in [0.15, 0.2) is 0 Å². The molecule has 0 saturated heterocycles. The summed E-state index contributed by atoms with van der Waals surface area (Å²) in [4.78, 5) is 4.13. The third kappa shape index (κ3) is 5.56. The monoisotopic (exact) mass is 204 g/mol. The van der Waals surface area contributed by atoms with Crippen LogP contribution in [0.25, 0.3) is 0 Å². The van der Waals surface area contributed by atoms with E-state index in [0.29, 0.717) is 0 Å². The van der Waals surface area contributed by atoms with Gasteiger partial charge in [0, 0.05) is 12.4 Å². The number of rotatable bonds is 7. The van der Waals surface area contributed by atoms with Gasteiger partial charge in [-0.1, -0.05) is 39.2 Å². The smallest absolute Gasteiger partial charge is 0.0299 e. The molecule has 15 heavy (non-hydrogen) atoms. The van der Waals surface area contributed by atoms with Gasteiger partial charge >= 0.3 is 0 Å². The van der Waals surface area contributed by atoms with Crippen molar-refractivity contribution in [1.82, 2.24) is 4.98 Å². The number of aromatic nitrogens is 1. The first-order valence-electron chi connectivity index (χ1n) is 6.03. The molecule has 1 heteroatoms. The molecule has 0 atom stereocenters. The van der Waals surface area contributed by atoms with Crippen LogP contribution in [0.15, 0.2) is 24.5 Å². The number of pyridine rings is 1. The largest absolute Gasteiger partial charge is 0.264 e. The third-order valence-corrected chi connectivity index (χ3v) is 2.77. The van der Waals surface area contributed by atoms with Crippen molar-refractivity contribution >= 4 is 0 Å². The molecule has 0 aliphatic heterocycles. The minimum atomic E-state index is 1.14. The highest BCUT2D eigenvalue weighted by Crippen LogP contribution is 2.17. The molecular weight excluding hydrogens is 182 g/mol. The van der Waals surface area contributed by atoms with Gasteiger partial charge in [0.25, 0.3) is 0 Å². The van der Waals surface area contributed by atoms with Crippen LogP contribution in [0.2, 0.25) is 0 Å². The predicted molar refractivity (Wildman–Crippen MR) is 65.6 cm³/mol. The van der Waals surface area contributed by atoms with Crippen molar-refractivity contribution in [3.63, 3.8) is 0 Å². The second-order valence-electron chi connectivity index (χ2n) is 4.28. The quantitative estimate of drug-likeness (QED) is 0.607. The number of hydrogen-bond acceptors (Lipinski definition) is 1. The van der Waals surface area contributed by atoms with Gasteiger partial charge in [-0.15, -0.1) is 0 Å². The fraction of sp³-hybridized carbons (Fsp3) is 0.571. The summed E-state index contributed by atoms with van der Waals surface area (Å²) in [7, 11) is 0. The number of nitrogens with zero attached hydrogens (tertiary/aromatic N) is 1. The lowest BCUT2D eigenvalue weighted by Crippen LogP contribution is -1.95. The van der Waals surface area contributed by atoms with E-state index in [4.69, 9.17) is 0 Å². The normalized spacial score (nSPS) is 10.9. The van der Waals surface area contributed by atoms with E-state index in [1.165, 1.54) is 37.7 Å². The van der Waals surface area contributed by atoms with Crippen molar-refractivity contribution in [2.45, 2.75) is 52.4 Å². The summed E-state index contributed by atoms with van der Waals surface area (Å²) in [5, 5.41) is 0. The number of unbranched alkanes of at least 4 members (excludes halogenated alkanes) is 2. The Balaban J connectivity index is 2.14. The predicted octanol–water partition coefficient (Wildman–Crippen LogP) is 4.19. The van der Waals surface area contributed by atoms with Crippen LogP contribution in [0, 0.1) is 5.92 Å². The van der Waals surface area contributed by atoms with Crippen LogP contribution in [-0.2, 0) is 6.42 Å². The molecule has 0 aliphatic rings. The average Bonchev–Trinajstić information content (AvgIpc) is 2.28. The molecule has 0 fully saturated rings. The third-order valence-electron chi connectivity index (χ3n) is 2.77. The fourth-order valence-corrected chi connectivity index (χ4v) is 1.71. The second kappa shape index (κ2) is 7.44. The molecule has 83 valence electrons. The van der Waals surface area contributed by atoms with E-state index in [2.05, 4.69) is 24.9 Å². The van der Waals surface area contributed by atoms with Gasteiger partial charge in [-0.05, 0) is 36.8 Å². The Hall–Kier alpha value is -0.850. The van der Waals surface area contributed by atoms with Gasteiger partial charge in [0.05, 0.1) is 0 Å². The van der Waals surface area contributed by atoms with Crippen LogP contribution >= 0.6 is 0 Å². The minimum Gasteiger partial charge on any atom is -0.264 e. The Morgan fingerprint density at radius 3 is 2.80 bits per heavy atom. The molecular formula is C14H22N. The first-order chi connectivity index (χ1) is 7.33. The molecule has 0 bridgehead atoms. The topological polar surface area (TPSA) is 12.9 Å². The van der Waals surface area contributed by atoms with Crippen LogP contribution in [0.1, 0.15) is 51.5 Å². The number of aryl methyl sites for hydroxylation is 1. The molecule has 0 spiro atoms. The standard InChI is InChI=1S/C14H22N/c1-3-4-5-7-13(2)9-10-14-8-6-11-15-12-14/h6,8,11-12H,3-5,7,9-10H2,1-2H3. The van der Waals surface area contributed by atoms with Gasteiger partial charge in [-0.2, -0.15) is 0 Å². The second-order valence-corrected chi connectivity index (χ2v) is 4.28. The molecule has 0 amide bonds. The van der Waals surface area contributed by atoms with Crippen molar-refractivity contribution in [2.75, 3.05) is 0 Å². The van der Waals surface area contributed by atoms with E-state index in [9.17, 15) is 0 Å². The van der Waals surface area contributed by atoms with Gasteiger partial charge in [0.2, 0.25) is 0 Å². The lowest BCUT2D eigenvalue weighted by Gasteiger charge is -2.09.